The Hall–Kier alpha value is -1.61. The predicted molar refractivity (Wildman–Crippen MR) is 65.5 cm³/mol. The second-order valence-corrected chi connectivity index (χ2v) is 4.33. The van der Waals surface area contributed by atoms with Gasteiger partial charge in [-0.25, -0.2) is 4.79 Å². The Morgan fingerprint density at radius 2 is 2.18 bits per heavy atom. The highest BCUT2D eigenvalue weighted by molar-refractivity contribution is 5.85. The van der Waals surface area contributed by atoms with Crippen molar-refractivity contribution in [1.29, 1.82) is 0 Å². The van der Waals surface area contributed by atoms with E-state index in [1.54, 1.807) is 6.08 Å². The Morgan fingerprint density at radius 1 is 1.41 bits per heavy atom. The van der Waals surface area contributed by atoms with Gasteiger partial charge in [0.05, 0.1) is 6.61 Å². The third kappa shape index (κ3) is 4.04. The van der Waals surface area contributed by atoms with Gasteiger partial charge in [0.2, 0.25) is 0 Å². The van der Waals surface area contributed by atoms with E-state index in [4.69, 9.17) is 9.84 Å². The van der Waals surface area contributed by atoms with E-state index < -0.39 is 5.97 Å². The van der Waals surface area contributed by atoms with Crippen LogP contribution in [0.1, 0.15) is 24.0 Å². The van der Waals surface area contributed by atoms with Gasteiger partial charge in [-0.3, -0.25) is 0 Å². The van der Waals surface area contributed by atoms with Crippen LogP contribution < -0.4 is 0 Å². The Balaban J connectivity index is 1.96. The largest absolute Gasteiger partial charge is 0.478 e. The summed E-state index contributed by atoms with van der Waals surface area (Å²) < 4.78 is 5.61. The lowest BCUT2D eigenvalue weighted by Crippen LogP contribution is -1.98. The standard InChI is InChI=1S/C14H16O3/c15-14(16)8-7-12-3-1-2-4-13(12)10-17-9-11-5-6-11/h1-4,7-8,11H,5-6,9-10H2,(H,15,16)/b8-7+. The number of rotatable bonds is 6. The van der Waals surface area contributed by atoms with Gasteiger partial charge in [0.25, 0.3) is 0 Å². The van der Waals surface area contributed by atoms with Crippen molar-refractivity contribution in [3.63, 3.8) is 0 Å². The SMILES string of the molecule is O=C(O)/C=C/c1ccccc1COCC1CC1. The molecule has 1 aliphatic rings. The summed E-state index contributed by atoms with van der Waals surface area (Å²) in [7, 11) is 0. The number of hydrogen-bond acceptors (Lipinski definition) is 2. The van der Waals surface area contributed by atoms with E-state index in [0.717, 1.165) is 29.7 Å². The molecular weight excluding hydrogens is 216 g/mol. The van der Waals surface area contributed by atoms with Crippen molar-refractivity contribution in [2.45, 2.75) is 19.4 Å². The molecule has 1 N–H and O–H groups in total. The first-order chi connectivity index (χ1) is 8.25. The maximum absolute atomic E-state index is 10.5. The van der Waals surface area contributed by atoms with Gasteiger partial charge in [-0.2, -0.15) is 0 Å². The fourth-order valence-corrected chi connectivity index (χ4v) is 1.61. The predicted octanol–water partition coefficient (Wildman–Crippen LogP) is 2.71. The van der Waals surface area contributed by atoms with Crippen LogP contribution in [0.3, 0.4) is 0 Å². The Labute approximate surface area is 101 Å². The van der Waals surface area contributed by atoms with Gasteiger partial charge in [-0.1, -0.05) is 24.3 Å². The molecule has 2 rings (SSSR count). The van der Waals surface area contributed by atoms with E-state index in [2.05, 4.69) is 0 Å². The second-order valence-electron chi connectivity index (χ2n) is 4.33. The zero-order valence-corrected chi connectivity index (χ0v) is 9.63. The van der Waals surface area contributed by atoms with Gasteiger partial charge >= 0.3 is 5.97 Å². The molecular formula is C14H16O3. The van der Waals surface area contributed by atoms with Crippen LogP contribution in [-0.2, 0) is 16.1 Å². The molecule has 1 fully saturated rings. The number of ether oxygens (including phenoxy) is 1. The molecule has 90 valence electrons. The van der Waals surface area contributed by atoms with Crippen LogP contribution in [0.2, 0.25) is 0 Å². The molecule has 3 heteroatoms. The first-order valence-electron chi connectivity index (χ1n) is 5.82. The fourth-order valence-electron chi connectivity index (χ4n) is 1.61. The molecule has 1 aromatic rings. The summed E-state index contributed by atoms with van der Waals surface area (Å²) in [4.78, 5) is 10.5. The van der Waals surface area contributed by atoms with Gasteiger partial charge in [0.1, 0.15) is 0 Å². The van der Waals surface area contributed by atoms with E-state index in [0.29, 0.717) is 6.61 Å². The maximum Gasteiger partial charge on any atom is 0.328 e. The van der Waals surface area contributed by atoms with Gasteiger partial charge < -0.3 is 9.84 Å². The second kappa shape index (κ2) is 5.64. The highest BCUT2D eigenvalue weighted by atomic mass is 16.5. The van der Waals surface area contributed by atoms with Crippen LogP contribution >= 0.6 is 0 Å². The van der Waals surface area contributed by atoms with Gasteiger partial charge in [0, 0.05) is 12.7 Å². The van der Waals surface area contributed by atoms with E-state index in [-0.39, 0.29) is 0 Å². The lowest BCUT2D eigenvalue weighted by atomic mass is 10.1. The molecule has 0 heterocycles. The minimum Gasteiger partial charge on any atom is -0.478 e. The molecule has 1 aliphatic carbocycles. The van der Waals surface area contributed by atoms with Crippen LogP contribution in [-0.4, -0.2) is 17.7 Å². The molecule has 0 spiro atoms. The third-order valence-electron chi connectivity index (χ3n) is 2.77. The summed E-state index contributed by atoms with van der Waals surface area (Å²) in [5.74, 6) is -0.185. The molecule has 3 nitrogen and oxygen atoms in total. The number of carboxylic acid groups (broad SMARTS) is 1. The van der Waals surface area contributed by atoms with Crippen LogP contribution in [0.5, 0.6) is 0 Å². The highest BCUT2D eigenvalue weighted by Crippen LogP contribution is 2.29. The van der Waals surface area contributed by atoms with E-state index in [1.165, 1.54) is 12.8 Å². The summed E-state index contributed by atoms with van der Waals surface area (Å²) in [6, 6.07) is 7.70. The van der Waals surface area contributed by atoms with Crippen molar-refractivity contribution in [3.8, 4) is 0 Å². The van der Waals surface area contributed by atoms with Crippen molar-refractivity contribution >= 4 is 12.0 Å². The minimum atomic E-state index is -0.932. The minimum absolute atomic E-state index is 0.552. The molecule has 0 radical (unpaired) electrons. The van der Waals surface area contributed by atoms with E-state index in [1.807, 2.05) is 24.3 Å². The molecule has 1 saturated carbocycles. The molecule has 0 unspecified atom stereocenters. The number of carboxylic acids is 1. The Kier molecular flexibility index (Phi) is 3.94. The average Bonchev–Trinajstić information content (AvgIpc) is 3.12. The Morgan fingerprint density at radius 3 is 2.88 bits per heavy atom. The zero-order chi connectivity index (χ0) is 12.1. The lowest BCUT2D eigenvalue weighted by molar-refractivity contribution is -0.131. The van der Waals surface area contributed by atoms with Crippen LogP contribution in [0.4, 0.5) is 0 Å². The van der Waals surface area contributed by atoms with E-state index >= 15 is 0 Å². The van der Waals surface area contributed by atoms with E-state index in [9.17, 15) is 4.79 Å². The summed E-state index contributed by atoms with van der Waals surface area (Å²) in [6.07, 6.45) is 5.32. The summed E-state index contributed by atoms with van der Waals surface area (Å²) >= 11 is 0. The summed E-state index contributed by atoms with van der Waals surface area (Å²) in [5.41, 5.74) is 1.94. The molecule has 0 aromatic heterocycles. The summed E-state index contributed by atoms with van der Waals surface area (Å²) in [6.45, 7) is 1.37. The van der Waals surface area contributed by atoms with Crippen molar-refractivity contribution in [1.82, 2.24) is 0 Å². The molecule has 0 atom stereocenters. The van der Waals surface area contributed by atoms with Crippen molar-refractivity contribution in [3.05, 3.63) is 41.5 Å². The maximum atomic E-state index is 10.5. The van der Waals surface area contributed by atoms with Crippen LogP contribution in [0.15, 0.2) is 30.3 Å². The summed E-state index contributed by atoms with van der Waals surface area (Å²) in [5, 5.41) is 8.60. The Bertz CT molecular complexity index is 419. The quantitative estimate of drug-likeness (QED) is 0.767. The molecule has 0 bridgehead atoms. The first kappa shape index (κ1) is 11.9. The van der Waals surface area contributed by atoms with Gasteiger partial charge in [-0.15, -0.1) is 0 Å². The average molecular weight is 232 g/mol. The lowest BCUT2D eigenvalue weighted by Gasteiger charge is -2.06. The number of hydrogen-bond donors (Lipinski definition) is 1. The topological polar surface area (TPSA) is 46.5 Å². The van der Waals surface area contributed by atoms with Crippen molar-refractivity contribution in [2.75, 3.05) is 6.61 Å². The van der Waals surface area contributed by atoms with Gasteiger partial charge in [-0.05, 0) is 36.0 Å². The fraction of sp³-hybridized carbons (Fsp3) is 0.357. The first-order valence-corrected chi connectivity index (χ1v) is 5.82. The zero-order valence-electron chi connectivity index (χ0n) is 9.63. The molecule has 0 saturated heterocycles. The highest BCUT2D eigenvalue weighted by Gasteiger charge is 2.21. The molecule has 0 aliphatic heterocycles. The smallest absolute Gasteiger partial charge is 0.328 e. The monoisotopic (exact) mass is 232 g/mol. The van der Waals surface area contributed by atoms with Crippen LogP contribution in [0.25, 0.3) is 6.08 Å². The molecule has 17 heavy (non-hydrogen) atoms. The normalized spacial score (nSPS) is 15.3. The third-order valence-corrected chi connectivity index (χ3v) is 2.77. The van der Waals surface area contributed by atoms with Gasteiger partial charge in [0.15, 0.2) is 0 Å². The number of aliphatic carboxylic acids is 1. The number of carbonyl (C=O) groups is 1. The van der Waals surface area contributed by atoms with Crippen LogP contribution in [0, 0.1) is 5.92 Å². The molecule has 0 amide bonds. The van der Waals surface area contributed by atoms with Crippen molar-refractivity contribution < 1.29 is 14.6 Å². The molecule has 1 aromatic carbocycles. The van der Waals surface area contributed by atoms with Crippen molar-refractivity contribution in [2.24, 2.45) is 5.92 Å². The number of benzene rings is 1.